The van der Waals surface area contributed by atoms with E-state index in [-0.39, 0.29) is 54.3 Å². The van der Waals surface area contributed by atoms with E-state index < -0.39 is 11.8 Å². The maximum Gasteiger partial charge on any atom is 0.515 e. The molecule has 0 bridgehead atoms. The monoisotopic (exact) mass is 770 g/mol. The van der Waals surface area contributed by atoms with Gasteiger partial charge in [-0.05, 0) is 65.0 Å². The molecule has 6 rings (SSSR count). The van der Waals surface area contributed by atoms with E-state index in [1.807, 2.05) is 29.2 Å². The number of carbonyl (C=O) groups is 4. The van der Waals surface area contributed by atoms with Crippen LogP contribution in [0.1, 0.15) is 43.2 Å². The summed E-state index contributed by atoms with van der Waals surface area (Å²) < 4.78 is 0.0774. The van der Waals surface area contributed by atoms with Gasteiger partial charge < -0.3 is 25.2 Å². The molecule has 15 heteroatoms. The first-order chi connectivity index (χ1) is 24.5. The van der Waals surface area contributed by atoms with Crippen molar-refractivity contribution >= 4 is 45.9 Å². The van der Waals surface area contributed by atoms with Crippen molar-refractivity contribution in [3.05, 3.63) is 58.1 Å². The highest BCUT2D eigenvalue weighted by atomic mass is 79.9. The van der Waals surface area contributed by atoms with E-state index in [0.29, 0.717) is 67.6 Å². The van der Waals surface area contributed by atoms with Crippen LogP contribution in [0.2, 0.25) is 0 Å². The zero-order valence-corrected chi connectivity index (χ0v) is 30.7. The second-order valence-electron chi connectivity index (χ2n) is 14.4. The van der Waals surface area contributed by atoms with Crippen LogP contribution in [0.5, 0.6) is 5.75 Å². The summed E-state index contributed by atoms with van der Waals surface area (Å²) in [5, 5.41) is 34.7. The summed E-state index contributed by atoms with van der Waals surface area (Å²) in [4.78, 5) is 60.9. The molecule has 4 aliphatic heterocycles. The van der Waals surface area contributed by atoms with Gasteiger partial charge in [0.25, 0.3) is 5.91 Å². The van der Waals surface area contributed by atoms with Gasteiger partial charge in [-0.1, -0.05) is 18.2 Å². The number of urea groups is 1. The molecule has 4 heterocycles. The van der Waals surface area contributed by atoms with Gasteiger partial charge in [-0.25, -0.2) is 19.2 Å². The molecule has 4 amide bonds. The number of anilines is 1. The number of piperazine rings is 1. The molecule has 3 fully saturated rings. The number of phenols is 1. The van der Waals surface area contributed by atoms with Crippen LogP contribution in [0.4, 0.5) is 15.3 Å². The maximum atomic E-state index is 13.8. The van der Waals surface area contributed by atoms with Crippen LogP contribution in [-0.4, -0.2) is 153 Å². The number of hydrogen-bond acceptors (Lipinski definition) is 9. The lowest BCUT2D eigenvalue weighted by Crippen LogP contribution is -2.79. The van der Waals surface area contributed by atoms with Gasteiger partial charge in [0.15, 0.2) is 5.66 Å². The number of quaternary nitrogens is 1. The van der Waals surface area contributed by atoms with E-state index in [2.05, 4.69) is 35.9 Å². The first-order valence-electron chi connectivity index (χ1n) is 17.8. The molecular weight excluding hydrogens is 722 g/mol. The summed E-state index contributed by atoms with van der Waals surface area (Å²) in [6, 6.07) is 12.6. The predicted octanol–water partition coefficient (Wildman–Crippen LogP) is 3.62. The lowest BCUT2D eigenvalue weighted by Gasteiger charge is -2.59. The minimum Gasteiger partial charge on any atom is -0.507 e. The SMILES string of the molecule is CN(O)C(=O)CN1CCC(N2CCN(C3(CC=O)CC(N4CCc5ccccc5NC4=O)CC[N@+]3(Cc3ccc(O)c(Br)c3)C(=O)O)CC2)CC1. The molecule has 4 N–H and O–H groups in total. The summed E-state index contributed by atoms with van der Waals surface area (Å²) in [5.74, 6) is -0.281. The molecule has 0 aromatic heterocycles. The number of rotatable bonds is 9. The molecule has 0 aliphatic carbocycles. The number of carboxylic acid groups (broad SMARTS) is 1. The highest BCUT2D eigenvalue weighted by molar-refractivity contribution is 9.10. The largest absolute Gasteiger partial charge is 0.515 e. The third-order valence-electron chi connectivity index (χ3n) is 11.7. The number of amides is 4. The number of hydrogen-bond donors (Lipinski definition) is 4. The fourth-order valence-electron chi connectivity index (χ4n) is 8.92. The number of nitrogens with one attached hydrogen (secondary N) is 1. The number of phenolic OH excluding ortho intramolecular Hbond substituents is 1. The number of likely N-dealkylation sites (N-methyl/N-ethyl adjacent to an activating group) is 1. The van der Waals surface area contributed by atoms with Gasteiger partial charge in [0.05, 0.1) is 24.0 Å². The van der Waals surface area contributed by atoms with Crippen LogP contribution in [-0.2, 0) is 22.6 Å². The molecule has 51 heavy (non-hydrogen) atoms. The summed E-state index contributed by atoms with van der Waals surface area (Å²) in [6.07, 6.45) is 2.98. The Bertz CT molecular complexity index is 1610. The number of halogens is 1. The minimum absolute atomic E-state index is 0.0174. The molecule has 3 atom stereocenters. The summed E-state index contributed by atoms with van der Waals surface area (Å²) in [6.45, 7) is 4.95. The van der Waals surface area contributed by atoms with Crippen LogP contribution >= 0.6 is 15.9 Å². The number of hydroxylamine groups is 2. The van der Waals surface area contributed by atoms with Crippen LogP contribution in [0.25, 0.3) is 0 Å². The molecule has 4 aliphatic rings. The van der Waals surface area contributed by atoms with Crippen LogP contribution in [0.15, 0.2) is 46.9 Å². The second-order valence-corrected chi connectivity index (χ2v) is 15.3. The third-order valence-corrected chi connectivity index (χ3v) is 12.4. The standard InChI is InChI=1S/C36H48BrN7O7/c1-39(51)33(47)24-40-13-9-28(10-14-40)41-16-18-42(19-17-41)36(12-21-45)23-29(43-15-8-27-4-2-3-5-31(27)38-34(43)48)11-20-44(36,35(49)50)25-26-6-7-32(46)30(37)22-26/h2-7,21-22,28-29,51H,8-20,23-25H2,1H3,(H2-,38,46,48,49,50)/p+1/t29?,36?,44-/m0/s1. The van der Waals surface area contributed by atoms with Gasteiger partial charge in [0.2, 0.25) is 0 Å². The topological polar surface area (TPSA) is 157 Å². The molecular formula is C36H49BrN7O7+. The fourth-order valence-corrected chi connectivity index (χ4v) is 9.35. The Balaban J connectivity index is 1.27. The average Bonchev–Trinajstić information content (AvgIpc) is 3.29. The maximum absolute atomic E-state index is 13.8. The number of nitrogens with zero attached hydrogens (tertiary/aromatic N) is 6. The van der Waals surface area contributed by atoms with Crippen molar-refractivity contribution in [3.8, 4) is 5.75 Å². The Morgan fingerprint density at radius 3 is 2.43 bits per heavy atom. The van der Waals surface area contributed by atoms with Crippen molar-refractivity contribution in [2.24, 2.45) is 0 Å². The van der Waals surface area contributed by atoms with Crippen molar-refractivity contribution in [3.63, 3.8) is 0 Å². The van der Waals surface area contributed by atoms with Gasteiger partial charge in [0.1, 0.15) is 18.6 Å². The minimum atomic E-state index is -1.15. The van der Waals surface area contributed by atoms with E-state index >= 15 is 0 Å². The molecule has 14 nitrogen and oxygen atoms in total. The van der Waals surface area contributed by atoms with Crippen molar-refractivity contribution in [2.75, 3.05) is 71.3 Å². The summed E-state index contributed by atoms with van der Waals surface area (Å²) in [5.41, 5.74) is 1.40. The fraction of sp³-hybridized carbons (Fsp3) is 0.556. The van der Waals surface area contributed by atoms with Gasteiger partial charge in [0, 0.05) is 89.0 Å². The van der Waals surface area contributed by atoms with Gasteiger partial charge in [-0.15, -0.1) is 0 Å². The quantitative estimate of drug-likeness (QED) is 0.129. The number of carbonyl (C=O) groups excluding carboxylic acids is 3. The Morgan fingerprint density at radius 2 is 1.76 bits per heavy atom. The van der Waals surface area contributed by atoms with E-state index in [1.165, 1.54) is 7.05 Å². The summed E-state index contributed by atoms with van der Waals surface area (Å²) in [7, 11) is 1.34. The zero-order chi connectivity index (χ0) is 36.3. The van der Waals surface area contributed by atoms with Gasteiger partial charge in [-0.3, -0.25) is 19.8 Å². The van der Waals surface area contributed by atoms with E-state index in [1.54, 1.807) is 18.2 Å². The number of likely N-dealkylation sites (tertiary alicyclic amines) is 2. The highest BCUT2D eigenvalue weighted by Gasteiger charge is 2.64. The molecule has 0 spiro atoms. The smallest absolute Gasteiger partial charge is 0.507 e. The van der Waals surface area contributed by atoms with Crippen molar-refractivity contribution < 1.29 is 39.1 Å². The lowest BCUT2D eigenvalue weighted by atomic mass is 9.82. The molecule has 2 aromatic carbocycles. The number of piperidine rings is 2. The van der Waals surface area contributed by atoms with Gasteiger partial charge in [-0.2, -0.15) is 4.79 Å². The first kappa shape index (κ1) is 37.2. The van der Waals surface area contributed by atoms with Crippen LogP contribution in [0.3, 0.4) is 0 Å². The lowest BCUT2D eigenvalue weighted by molar-refractivity contribution is -0.942. The number of aldehydes is 1. The Hall–Kier alpha value is -3.60. The number of para-hydroxylation sites is 1. The summed E-state index contributed by atoms with van der Waals surface area (Å²) >= 11 is 3.39. The number of fused-ring (bicyclic) bond motifs is 1. The highest BCUT2D eigenvalue weighted by Crippen LogP contribution is 2.45. The number of benzene rings is 2. The second kappa shape index (κ2) is 15.6. The van der Waals surface area contributed by atoms with Crippen LogP contribution < -0.4 is 5.32 Å². The first-order valence-corrected chi connectivity index (χ1v) is 18.6. The third kappa shape index (κ3) is 7.50. The zero-order valence-electron chi connectivity index (χ0n) is 29.1. The van der Waals surface area contributed by atoms with E-state index in [4.69, 9.17) is 0 Å². The van der Waals surface area contributed by atoms with Crippen LogP contribution in [0, 0.1) is 0 Å². The van der Waals surface area contributed by atoms with Crippen molar-refractivity contribution in [1.29, 1.82) is 0 Å². The Kier molecular flexibility index (Phi) is 11.3. The van der Waals surface area contributed by atoms with Crippen molar-refractivity contribution in [2.45, 2.75) is 62.8 Å². The number of aromatic hydroxyl groups is 1. The molecule has 2 unspecified atom stereocenters. The average molecular weight is 772 g/mol. The Morgan fingerprint density at radius 1 is 1.04 bits per heavy atom. The Labute approximate surface area is 306 Å². The molecule has 3 saturated heterocycles. The predicted molar refractivity (Wildman–Crippen MR) is 192 cm³/mol. The molecule has 0 radical (unpaired) electrons. The van der Waals surface area contributed by atoms with Crippen molar-refractivity contribution in [1.82, 2.24) is 24.7 Å². The molecule has 2 aromatic rings. The van der Waals surface area contributed by atoms with E-state index in [9.17, 15) is 34.6 Å². The molecule has 0 saturated carbocycles. The molecule has 276 valence electrons. The van der Waals surface area contributed by atoms with E-state index in [0.717, 1.165) is 49.0 Å². The normalized spacial score (nSPS) is 26.9. The van der Waals surface area contributed by atoms with Gasteiger partial charge >= 0.3 is 12.1 Å².